The Labute approximate surface area is 107 Å². The molecule has 0 spiro atoms. The SMILES string of the molecule is CCC(=O)C(=Cc1ccccc1)C(=O)OC(C)C. The molecule has 0 radical (unpaired) electrons. The van der Waals surface area contributed by atoms with Crippen molar-refractivity contribution in [2.45, 2.75) is 33.3 Å². The van der Waals surface area contributed by atoms with Crippen LogP contribution in [0, 0.1) is 0 Å². The molecule has 0 saturated carbocycles. The van der Waals surface area contributed by atoms with Gasteiger partial charge in [-0.25, -0.2) is 4.79 Å². The summed E-state index contributed by atoms with van der Waals surface area (Å²) in [5.41, 5.74) is 0.924. The van der Waals surface area contributed by atoms with E-state index in [2.05, 4.69) is 0 Å². The standard InChI is InChI=1S/C15H18O3/c1-4-14(16)13(15(17)18-11(2)3)10-12-8-6-5-7-9-12/h5-11H,4H2,1-3H3. The highest BCUT2D eigenvalue weighted by molar-refractivity contribution is 6.20. The van der Waals surface area contributed by atoms with E-state index in [0.29, 0.717) is 0 Å². The van der Waals surface area contributed by atoms with Gasteiger partial charge in [0.2, 0.25) is 0 Å². The monoisotopic (exact) mass is 246 g/mol. The molecule has 0 heterocycles. The van der Waals surface area contributed by atoms with Crippen LogP contribution in [0.3, 0.4) is 0 Å². The van der Waals surface area contributed by atoms with Crippen LogP contribution in [0.4, 0.5) is 0 Å². The quantitative estimate of drug-likeness (QED) is 0.347. The average molecular weight is 246 g/mol. The number of carbonyl (C=O) groups excluding carboxylic acids is 2. The predicted molar refractivity (Wildman–Crippen MR) is 70.9 cm³/mol. The number of esters is 1. The molecule has 1 aromatic rings. The minimum absolute atomic E-state index is 0.109. The summed E-state index contributed by atoms with van der Waals surface area (Å²) in [6, 6.07) is 9.27. The maximum atomic E-state index is 11.8. The average Bonchev–Trinajstić information content (AvgIpc) is 2.35. The summed E-state index contributed by atoms with van der Waals surface area (Å²) in [5, 5.41) is 0. The van der Waals surface area contributed by atoms with Crippen LogP contribution < -0.4 is 0 Å². The van der Waals surface area contributed by atoms with Gasteiger partial charge < -0.3 is 4.74 Å². The lowest BCUT2D eigenvalue weighted by atomic mass is 10.1. The molecule has 3 heteroatoms. The molecule has 1 aromatic carbocycles. The highest BCUT2D eigenvalue weighted by Gasteiger charge is 2.19. The summed E-state index contributed by atoms with van der Waals surface area (Å²) >= 11 is 0. The molecular formula is C15H18O3. The van der Waals surface area contributed by atoms with E-state index >= 15 is 0 Å². The van der Waals surface area contributed by atoms with Gasteiger partial charge in [-0.1, -0.05) is 37.3 Å². The van der Waals surface area contributed by atoms with Crippen molar-refractivity contribution in [3.05, 3.63) is 41.5 Å². The molecule has 0 N–H and O–H groups in total. The number of rotatable bonds is 5. The molecule has 0 atom stereocenters. The first-order valence-corrected chi connectivity index (χ1v) is 6.05. The van der Waals surface area contributed by atoms with Gasteiger partial charge in [0.15, 0.2) is 5.78 Å². The van der Waals surface area contributed by atoms with E-state index in [1.165, 1.54) is 0 Å². The fourth-order valence-electron chi connectivity index (χ4n) is 1.44. The van der Waals surface area contributed by atoms with Crippen molar-refractivity contribution in [1.29, 1.82) is 0 Å². The van der Waals surface area contributed by atoms with E-state index in [1.807, 2.05) is 30.3 Å². The first-order valence-electron chi connectivity index (χ1n) is 6.05. The number of ether oxygens (including phenoxy) is 1. The van der Waals surface area contributed by atoms with Crippen LogP contribution in [-0.2, 0) is 14.3 Å². The number of hydrogen-bond acceptors (Lipinski definition) is 3. The molecule has 0 saturated heterocycles. The highest BCUT2D eigenvalue weighted by atomic mass is 16.5. The number of Topliss-reactive ketones (excluding diaryl/α,β-unsaturated/α-hetero) is 1. The molecule has 1 rings (SSSR count). The summed E-state index contributed by atoms with van der Waals surface area (Å²) in [5.74, 6) is -0.759. The Morgan fingerprint density at radius 2 is 1.83 bits per heavy atom. The van der Waals surface area contributed by atoms with Gasteiger partial charge in [0.05, 0.1) is 6.10 Å². The molecule has 96 valence electrons. The van der Waals surface area contributed by atoms with Crippen molar-refractivity contribution < 1.29 is 14.3 Å². The topological polar surface area (TPSA) is 43.4 Å². The molecule has 0 aliphatic carbocycles. The normalized spacial score (nSPS) is 11.4. The molecule has 0 aromatic heterocycles. The van der Waals surface area contributed by atoms with E-state index in [9.17, 15) is 9.59 Å². The Bertz CT molecular complexity index is 444. The summed E-state index contributed by atoms with van der Waals surface area (Å²) in [4.78, 5) is 23.6. The molecule has 0 aliphatic rings. The molecule has 0 bridgehead atoms. The van der Waals surface area contributed by atoms with Crippen molar-refractivity contribution in [1.82, 2.24) is 0 Å². The van der Waals surface area contributed by atoms with Gasteiger partial charge in [0.25, 0.3) is 0 Å². The molecule has 3 nitrogen and oxygen atoms in total. The molecule has 18 heavy (non-hydrogen) atoms. The minimum Gasteiger partial charge on any atom is -0.459 e. The first-order chi connectivity index (χ1) is 8.54. The fourth-order valence-corrected chi connectivity index (χ4v) is 1.44. The molecule has 0 unspecified atom stereocenters. The van der Waals surface area contributed by atoms with Crippen molar-refractivity contribution >= 4 is 17.8 Å². The Hall–Kier alpha value is -1.90. The molecule has 0 amide bonds. The maximum absolute atomic E-state index is 11.8. The van der Waals surface area contributed by atoms with Crippen LogP contribution in [0.15, 0.2) is 35.9 Å². The van der Waals surface area contributed by atoms with Gasteiger partial charge in [-0.15, -0.1) is 0 Å². The number of ketones is 1. The largest absolute Gasteiger partial charge is 0.459 e. The van der Waals surface area contributed by atoms with Gasteiger partial charge in [-0.2, -0.15) is 0 Å². The Balaban J connectivity index is 3.02. The second kappa shape index (κ2) is 6.74. The number of benzene rings is 1. The Morgan fingerprint density at radius 3 is 2.33 bits per heavy atom. The van der Waals surface area contributed by atoms with E-state index < -0.39 is 5.97 Å². The zero-order valence-corrected chi connectivity index (χ0v) is 11.0. The second-order valence-corrected chi connectivity index (χ2v) is 4.20. The third kappa shape index (κ3) is 4.17. The number of carbonyl (C=O) groups is 2. The van der Waals surface area contributed by atoms with E-state index in [0.717, 1.165) is 5.56 Å². The lowest BCUT2D eigenvalue weighted by Gasteiger charge is -2.09. The molecule has 0 aliphatic heterocycles. The van der Waals surface area contributed by atoms with E-state index in [4.69, 9.17) is 4.74 Å². The lowest BCUT2D eigenvalue weighted by Crippen LogP contribution is -2.18. The van der Waals surface area contributed by atoms with Gasteiger partial charge in [-0.05, 0) is 25.5 Å². The fraction of sp³-hybridized carbons (Fsp3) is 0.333. The third-order valence-corrected chi connectivity index (χ3v) is 2.29. The summed E-state index contributed by atoms with van der Waals surface area (Å²) in [6.45, 7) is 5.24. The van der Waals surface area contributed by atoms with Crippen LogP contribution in [-0.4, -0.2) is 17.9 Å². The molecular weight excluding hydrogens is 228 g/mol. The summed E-state index contributed by atoms with van der Waals surface area (Å²) in [6.07, 6.45) is 1.63. The smallest absolute Gasteiger partial charge is 0.342 e. The van der Waals surface area contributed by atoms with Crippen LogP contribution in [0.1, 0.15) is 32.8 Å². The Morgan fingerprint density at radius 1 is 1.22 bits per heavy atom. The van der Waals surface area contributed by atoms with E-state index in [1.54, 1.807) is 26.8 Å². The second-order valence-electron chi connectivity index (χ2n) is 4.20. The highest BCUT2D eigenvalue weighted by Crippen LogP contribution is 2.11. The van der Waals surface area contributed by atoms with Crippen molar-refractivity contribution in [3.63, 3.8) is 0 Å². The van der Waals surface area contributed by atoms with Crippen LogP contribution in [0.25, 0.3) is 6.08 Å². The maximum Gasteiger partial charge on any atom is 0.342 e. The zero-order chi connectivity index (χ0) is 13.5. The summed E-state index contributed by atoms with van der Waals surface area (Å²) < 4.78 is 5.08. The predicted octanol–water partition coefficient (Wildman–Crippen LogP) is 3.00. The minimum atomic E-state index is -0.555. The van der Waals surface area contributed by atoms with Gasteiger partial charge in [0, 0.05) is 6.42 Å². The van der Waals surface area contributed by atoms with Crippen molar-refractivity contribution in [2.24, 2.45) is 0 Å². The zero-order valence-electron chi connectivity index (χ0n) is 11.0. The lowest BCUT2D eigenvalue weighted by molar-refractivity contribution is -0.143. The van der Waals surface area contributed by atoms with E-state index in [-0.39, 0.29) is 23.9 Å². The first kappa shape index (κ1) is 14.2. The molecule has 0 fully saturated rings. The van der Waals surface area contributed by atoms with Crippen LogP contribution >= 0.6 is 0 Å². The van der Waals surface area contributed by atoms with Crippen molar-refractivity contribution in [2.75, 3.05) is 0 Å². The van der Waals surface area contributed by atoms with Gasteiger partial charge in [0.1, 0.15) is 5.57 Å². The van der Waals surface area contributed by atoms with Crippen LogP contribution in [0.5, 0.6) is 0 Å². The van der Waals surface area contributed by atoms with Crippen LogP contribution in [0.2, 0.25) is 0 Å². The van der Waals surface area contributed by atoms with Crippen molar-refractivity contribution in [3.8, 4) is 0 Å². The van der Waals surface area contributed by atoms with Gasteiger partial charge >= 0.3 is 5.97 Å². The Kier molecular flexibility index (Phi) is 5.31. The number of hydrogen-bond donors (Lipinski definition) is 0. The third-order valence-electron chi connectivity index (χ3n) is 2.29. The summed E-state index contributed by atoms with van der Waals surface area (Å²) in [7, 11) is 0. The van der Waals surface area contributed by atoms with Gasteiger partial charge in [-0.3, -0.25) is 4.79 Å².